The van der Waals surface area contributed by atoms with Gasteiger partial charge in [0.1, 0.15) is 0 Å². The van der Waals surface area contributed by atoms with Gasteiger partial charge in [-0.1, -0.05) is 32.0 Å². The van der Waals surface area contributed by atoms with Gasteiger partial charge in [0.05, 0.1) is 0 Å². The molecule has 28 heavy (non-hydrogen) atoms. The van der Waals surface area contributed by atoms with Crippen molar-refractivity contribution in [2.75, 3.05) is 27.2 Å². The average Bonchev–Trinajstić information content (AvgIpc) is 3.06. The van der Waals surface area contributed by atoms with Gasteiger partial charge in [0.15, 0.2) is 0 Å². The smallest absolute Gasteiger partial charge is 0.0486 e. The lowest BCUT2D eigenvalue weighted by atomic mass is 9.79. The van der Waals surface area contributed by atoms with Crippen molar-refractivity contribution in [2.24, 2.45) is 11.8 Å². The molecule has 2 aliphatic rings. The lowest BCUT2D eigenvalue weighted by Gasteiger charge is -2.42. The fourth-order valence-corrected chi connectivity index (χ4v) is 5.71. The molecule has 0 amide bonds. The standard InChI is InChI=1S/C25H39N3/c1-19(2)20-9-11-22(12-10-20)27-15-13-23(14-16-27)28-18-21(17-26(3)4)24-7-5-6-8-25(24)28/h5-8,18-20,22-23H,9-17H2,1-4H3. The number of hydrogen-bond acceptors (Lipinski definition) is 2. The molecule has 2 fully saturated rings. The van der Waals surface area contributed by atoms with Gasteiger partial charge in [-0.25, -0.2) is 0 Å². The number of nitrogens with zero attached hydrogens (tertiary/aromatic N) is 3. The Morgan fingerprint density at radius 2 is 1.61 bits per heavy atom. The minimum atomic E-state index is 0.657. The van der Waals surface area contributed by atoms with E-state index in [4.69, 9.17) is 0 Å². The molecule has 2 heterocycles. The summed E-state index contributed by atoms with van der Waals surface area (Å²) in [6.45, 7) is 8.38. The van der Waals surface area contributed by atoms with Crippen LogP contribution >= 0.6 is 0 Å². The van der Waals surface area contributed by atoms with Crippen LogP contribution in [0.5, 0.6) is 0 Å². The first-order valence-electron chi connectivity index (χ1n) is 11.5. The normalized spacial score (nSPS) is 25.2. The van der Waals surface area contributed by atoms with Gasteiger partial charge in [0, 0.05) is 48.8 Å². The highest BCUT2D eigenvalue weighted by Gasteiger charge is 2.30. The minimum Gasteiger partial charge on any atom is -0.344 e. The number of hydrogen-bond donors (Lipinski definition) is 0. The van der Waals surface area contributed by atoms with Crippen LogP contribution in [0.4, 0.5) is 0 Å². The van der Waals surface area contributed by atoms with Gasteiger partial charge in [0.2, 0.25) is 0 Å². The predicted octanol–water partition coefficient (Wildman–Crippen LogP) is 5.55. The van der Waals surface area contributed by atoms with Crippen molar-refractivity contribution in [3.05, 3.63) is 36.0 Å². The average molecular weight is 382 g/mol. The molecule has 0 atom stereocenters. The second-order valence-corrected chi connectivity index (χ2v) is 9.90. The van der Waals surface area contributed by atoms with Gasteiger partial charge in [0.25, 0.3) is 0 Å². The molecule has 4 rings (SSSR count). The summed E-state index contributed by atoms with van der Waals surface area (Å²) >= 11 is 0. The zero-order valence-corrected chi connectivity index (χ0v) is 18.4. The Morgan fingerprint density at radius 3 is 2.25 bits per heavy atom. The first kappa shape index (κ1) is 20.0. The molecule has 3 heteroatoms. The van der Waals surface area contributed by atoms with Crippen LogP contribution in [-0.4, -0.2) is 47.6 Å². The zero-order valence-electron chi connectivity index (χ0n) is 18.4. The Morgan fingerprint density at radius 1 is 0.929 bits per heavy atom. The number of piperidine rings is 1. The van der Waals surface area contributed by atoms with Crippen molar-refractivity contribution in [1.82, 2.24) is 14.4 Å². The van der Waals surface area contributed by atoms with Crippen LogP contribution in [0.1, 0.15) is 64.0 Å². The van der Waals surface area contributed by atoms with Crippen LogP contribution in [0.3, 0.4) is 0 Å². The molecule has 1 aromatic carbocycles. The van der Waals surface area contributed by atoms with Crippen molar-refractivity contribution in [2.45, 2.75) is 71.0 Å². The van der Waals surface area contributed by atoms with E-state index in [1.165, 1.54) is 68.1 Å². The summed E-state index contributed by atoms with van der Waals surface area (Å²) in [6, 6.07) is 10.5. The maximum atomic E-state index is 2.82. The maximum absolute atomic E-state index is 2.82. The first-order chi connectivity index (χ1) is 13.5. The van der Waals surface area contributed by atoms with E-state index in [1.807, 2.05) is 0 Å². The van der Waals surface area contributed by atoms with Crippen molar-refractivity contribution < 1.29 is 0 Å². The van der Waals surface area contributed by atoms with Crippen molar-refractivity contribution in [3.8, 4) is 0 Å². The Balaban J connectivity index is 1.42. The number of para-hydroxylation sites is 1. The van der Waals surface area contributed by atoms with Crippen LogP contribution in [0, 0.1) is 11.8 Å². The lowest BCUT2D eigenvalue weighted by molar-refractivity contribution is 0.0893. The summed E-state index contributed by atoms with van der Waals surface area (Å²) in [5, 5.41) is 1.44. The third kappa shape index (κ3) is 4.16. The lowest BCUT2D eigenvalue weighted by Crippen LogP contribution is -2.43. The molecule has 1 saturated carbocycles. The van der Waals surface area contributed by atoms with Crippen molar-refractivity contribution in [3.63, 3.8) is 0 Å². The molecule has 154 valence electrons. The molecule has 1 aliphatic heterocycles. The number of likely N-dealkylation sites (tertiary alicyclic amines) is 1. The Hall–Kier alpha value is -1.32. The van der Waals surface area contributed by atoms with Gasteiger partial charge in [-0.05, 0) is 76.1 Å². The Bertz CT molecular complexity index is 759. The number of aromatic nitrogens is 1. The fourth-order valence-electron chi connectivity index (χ4n) is 5.71. The third-order valence-corrected chi connectivity index (χ3v) is 7.40. The molecular weight excluding hydrogens is 342 g/mol. The fraction of sp³-hybridized carbons (Fsp3) is 0.680. The van der Waals surface area contributed by atoms with Crippen LogP contribution in [-0.2, 0) is 6.54 Å². The SMILES string of the molecule is CC(C)C1CCC(N2CCC(n3cc(CN(C)C)c4ccccc43)CC2)CC1. The van der Waals surface area contributed by atoms with E-state index in [0.717, 1.165) is 24.4 Å². The summed E-state index contributed by atoms with van der Waals surface area (Å²) in [5.41, 5.74) is 2.89. The van der Waals surface area contributed by atoms with Crippen LogP contribution < -0.4 is 0 Å². The monoisotopic (exact) mass is 381 g/mol. The van der Waals surface area contributed by atoms with Crippen LogP contribution in [0.15, 0.2) is 30.5 Å². The van der Waals surface area contributed by atoms with E-state index in [0.29, 0.717) is 6.04 Å². The van der Waals surface area contributed by atoms with Gasteiger partial charge in [-0.15, -0.1) is 0 Å². The van der Waals surface area contributed by atoms with Crippen molar-refractivity contribution in [1.29, 1.82) is 0 Å². The number of fused-ring (bicyclic) bond motifs is 1. The predicted molar refractivity (Wildman–Crippen MR) is 120 cm³/mol. The quantitative estimate of drug-likeness (QED) is 0.672. The van der Waals surface area contributed by atoms with Gasteiger partial charge >= 0.3 is 0 Å². The minimum absolute atomic E-state index is 0.657. The van der Waals surface area contributed by atoms with Gasteiger partial charge in [-0.3, -0.25) is 0 Å². The zero-order chi connectivity index (χ0) is 19.7. The Labute approximate surface area is 171 Å². The highest BCUT2D eigenvalue weighted by Crippen LogP contribution is 2.36. The summed E-state index contributed by atoms with van der Waals surface area (Å²) in [4.78, 5) is 5.10. The van der Waals surface area contributed by atoms with Crippen molar-refractivity contribution >= 4 is 10.9 Å². The summed E-state index contributed by atoms with van der Waals surface area (Å²) in [5.74, 6) is 1.83. The molecule has 1 aliphatic carbocycles. The molecule has 0 unspecified atom stereocenters. The summed E-state index contributed by atoms with van der Waals surface area (Å²) in [7, 11) is 4.33. The maximum Gasteiger partial charge on any atom is 0.0486 e. The molecule has 0 bridgehead atoms. The third-order valence-electron chi connectivity index (χ3n) is 7.40. The molecule has 0 spiro atoms. The summed E-state index contributed by atoms with van der Waals surface area (Å²) < 4.78 is 2.60. The molecule has 3 nitrogen and oxygen atoms in total. The second kappa shape index (κ2) is 8.59. The Kier molecular flexibility index (Phi) is 6.13. The molecule has 2 aromatic rings. The molecule has 0 radical (unpaired) electrons. The molecular formula is C25H39N3. The van der Waals surface area contributed by atoms with Gasteiger partial charge < -0.3 is 14.4 Å². The summed E-state index contributed by atoms with van der Waals surface area (Å²) in [6.07, 6.45) is 10.8. The van der Waals surface area contributed by atoms with Gasteiger partial charge in [-0.2, -0.15) is 0 Å². The van der Waals surface area contributed by atoms with Crippen LogP contribution in [0.25, 0.3) is 10.9 Å². The number of benzene rings is 1. The molecule has 1 saturated heterocycles. The highest BCUT2D eigenvalue weighted by molar-refractivity contribution is 5.84. The van der Waals surface area contributed by atoms with E-state index >= 15 is 0 Å². The van der Waals surface area contributed by atoms with Crippen LogP contribution in [0.2, 0.25) is 0 Å². The first-order valence-corrected chi connectivity index (χ1v) is 11.5. The van der Waals surface area contributed by atoms with E-state index in [-0.39, 0.29) is 0 Å². The number of rotatable bonds is 5. The van der Waals surface area contributed by atoms with E-state index in [2.05, 4.69) is 72.8 Å². The molecule has 0 N–H and O–H groups in total. The topological polar surface area (TPSA) is 11.4 Å². The highest BCUT2D eigenvalue weighted by atomic mass is 15.2. The van der Waals surface area contributed by atoms with E-state index < -0.39 is 0 Å². The second-order valence-electron chi connectivity index (χ2n) is 9.90. The van der Waals surface area contributed by atoms with E-state index in [1.54, 1.807) is 0 Å². The van der Waals surface area contributed by atoms with E-state index in [9.17, 15) is 0 Å². The largest absolute Gasteiger partial charge is 0.344 e. The molecule has 1 aromatic heterocycles.